The van der Waals surface area contributed by atoms with Crippen LogP contribution >= 0.6 is 0 Å². The first-order valence-electron chi connectivity index (χ1n) is 8.75. The van der Waals surface area contributed by atoms with E-state index in [0.29, 0.717) is 30.1 Å². The van der Waals surface area contributed by atoms with Gasteiger partial charge in [-0.2, -0.15) is 0 Å². The zero-order valence-electron chi connectivity index (χ0n) is 15.5. The van der Waals surface area contributed by atoms with Crippen molar-refractivity contribution in [1.29, 1.82) is 0 Å². The minimum Gasteiger partial charge on any atom is -0.490 e. The summed E-state index contributed by atoms with van der Waals surface area (Å²) in [4.78, 5) is 12.3. The van der Waals surface area contributed by atoms with Gasteiger partial charge in [-0.15, -0.1) is 0 Å². The second-order valence-corrected chi connectivity index (χ2v) is 6.85. The lowest BCUT2D eigenvalue weighted by atomic mass is 9.68. The van der Waals surface area contributed by atoms with Gasteiger partial charge in [0, 0.05) is 31.6 Å². The molecule has 1 fully saturated rings. The smallest absolute Gasteiger partial charge is 0.203 e. The molecule has 0 bridgehead atoms. The maximum atomic E-state index is 12.3. The monoisotopic (exact) mass is 366 g/mol. The number of aliphatic hydroxyl groups excluding tert-OH is 1. The van der Waals surface area contributed by atoms with E-state index in [0.717, 1.165) is 30.4 Å². The Morgan fingerprint density at radius 2 is 1.85 bits per heavy atom. The van der Waals surface area contributed by atoms with Crippen LogP contribution < -0.4 is 14.2 Å². The Labute approximate surface area is 153 Å². The molecule has 0 unspecified atom stereocenters. The third-order valence-electron chi connectivity index (χ3n) is 5.32. The van der Waals surface area contributed by atoms with Crippen LogP contribution in [0.3, 0.4) is 0 Å². The van der Waals surface area contributed by atoms with Gasteiger partial charge in [0.05, 0.1) is 7.11 Å². The van der Waals surface area contributed by atoms with E-state index in [-0.39, 0.29) is 24.8 Å². The molecule has 0 radical (unpaired) electrons. The van der Waals surface area contributed by atoms with Crippen molar-refractivity contribution in [3.05, 3.63) is 17.2 Å². The maximum Gasteiger partial charge on any atom is 0.203 e. The molecule has 1 aromatic rings. The summed E-state index contributed by atoms with van der Waals surface area (Å²) >= 11 is 0. The summed E-state index contributed by atoms with van der Waals surface area (Å²) in [5.41, 5.74) is 1.73. The number of ether oxygens (including phenoxy) is 5. The van der Waals surface area contributed by atoms with E-state index in [1.54, 1.807) is 21.3 Å². The SMILES string of the molecule is COCOc1cc2c(c(OCOC)c1OC)[C@]1(CC2)CC[C@H](O)C(=O)C1. The molecule has 0 aliphatic heterocycles. The van der Waals surface area contributed by atoms with Crippen LogP contribution in [0, 0.1) is 0 Å². The average Bonchev–Trinajstić information content (AvgIpc) is 2.98. The van der Waals surface area contributed by atoms with Crippen molar-refractivity contribution >= 4 is 5.78 Å². The summed E-state index contributed by atoms with van der Waals surface area (Å²) in [7, 11) is 4.66. The van der Waals surface area contributed by atoms with Crippen LogP contribution in [0.25, 0.3) is 0 Å². The number of hydrogen-bond acceptors (Lipinski definition) is 7. The first kappa shape index (κ1) is 18.9. The number of fused-ring (bicyclic) bond motifs is 2. The van der Waals surface area contributed by atoms with Crippen LogP contribution in [0.2, 0.25) is 0 Å². The van der Waals surface area contributed by atoms with Crippen LogP contribution in [0.1, 0.15) is 36.8 Å². The highest BCUT2D eigenvalue weighted by atomic mass is 16.7. The van der Waals surface area contributed by atoms with E-state index < -0.39 is 6.10 Å². The van der Waals surface area contributed by atoms with Crippen molar-refractivity contribution < 1.29 is 33.6 Å². The summed E-state index contributed by atoms with van der Waals surface area (Å²) in [6, 6.07) is 1.94. The maximum absolute atomic E-state index is 12.3. The van der Waals surface area contributed by atoms with E-state index in [4.69, 9.17) is 23.7 Å². The van der Waals surface area contributed by atoms with Gasteiger partial charge in [0.25, 0.3) is 0 Å². The lowest BCUT2D eigenvalue weighted by Gasteiger charge is -2.36. The fraction of sp³-hybridized carbons (Fsp3) is 0.632. The Morgan fingerprint density at radius 1 is 1.12 bits per heavy atom. The predicted octanol–water partition coefficient (Wildman–Crippen LogP) is 1.96. The standard InChI is InChI=1S/C19H26O7/c1-22-10-25-15-8-12-4-6-19(7-5-13(20)14(21)9-19)16(12)18(17(15)24-3)26-11-23-2/h8,13,20H,4-7,9-11H2,1-3H3/t13-,19+/m0/s1. The second-order valence-electron chi connectivity index (χ2n) is 6.85. The van der Waals surface area contributed by atoms with Crippen molar-refractivity contribution in [3.8, 4) is 17.2 Å². The zero-order valence-corrected chi connectivity index (χ0v) is 15.5. The summed E-state index contributed by atoms with van der Waals surface area (Å²) in [6.45, 7) is 0.151. The van der Waals surface area contributed by atoms with Crippen molar-refractivity contribution in [3.63, 3.8) is 0 Å². The van der Waals surface area contributed by atoms with E-state index >= 15 is 0 Å². The third-order valence-corrected chi connectivity index (χ3v) is 5.32. The zero-order chi connectivity index (χ0) is 18.7. The molecule has 2 aliphatic rings. The van der Waals surface area contributed by atoms with Crippen LogP contribution in [0.4, 0.5) is 0 Å². The summed E-state index contributed by atoms with van der Waals surface area (Å²) in [5, 5.41) is 9.86. The first-order valence-corrected chi connectivity index (χ1v) is 8.75. The van der Waals surface area contributed by atoms with Gasteiger partial charge in [-0.25, -0.2) is 0 Å². The largest absolute Gasteiger partial charge is 0.490 e. The number of benzene rings is 1. The Morgan fingerprint density at radius 3 is 2.50 bits per heavy atom. The van der Waals surface area contributed by atoms with Crippen molar-refractivity contribution in [2.24, 2.45) is 0 Å². The molecule has 1 saturated carbocycles. The van der Waals surface area contributed by atoms with Gasteiger partial charge in [-0.1, -0.05) is 0 Å². The van der Waals surface area contributed by atoms with E-state index in [9.17, 15) is 9.90 Å². The number of hydrogen-bond donors (Lipinski definition) is 1. The summed E-state index contributed by atoms with van der Waals surface area (Å²) in [6.07, 6.45) is 2.30. The van der Waals surface area contributed by atoms with Crippen LogP contribution in [-0.4, -0.2) is 51.9 Å². The Kier molecular flexibility index (Phi) is 5.70. The van der Waals surface area contributed by atoms with Crippen molar-refractivity contribution in [2.45, 2.75) is 43.6 Å². The summed E-state index contributed by atoms with van der Waals surface area (Å²) in [5.74, 6) is 1.45. The normalized spacial score (nSPS) is 24.6. The van der Waals surface area contributed by atoms with Gasteiger partial charge in [0.15, 0.2) is 30.9 Å². The van der Waals surface area contributed by atoms with Crippen LogP contribution in [0.5, 0.6) is 17.2 Å². The average molecular weight is 366 g/mol. The minimum atomic E-state index is -0.862. The molecular weight excluding hydrogens is 340 g/mol. The van der Waals surface area contributed by atoms with Gasteiger partial charge in [-0.3, -0.25) is 4.79 Å². The fourth-order valence-electron chi connectivity index (χ4n) is 4.16. The molecule has 0 saturated heterocycles. The number of methoxy groups -OCH3 is 3. The lowest BCUT2D eigenvalue weighted by molar-refractivity contribution is -0.131. The topological polar surface area (TPSA) is 83.5 Å². The molecule has 0 amide bonds. The molecule has 7 nitrogen and oxygen atoms in total. The lowest BCUT2D eigenvalue weighted by Crippen LogP contribution is -2.39. The molecule has 144 valence electrons. The van der Waals surface area contributed by atoms with E-state index in [1.165, 1.54) is 0 Å². The number of rotatable bonds is 7. The molecule has 26 heavy (non-hydrogen) atoms. The number of aliphatic hydroxyl groups is 1. The molecule has 1 spiro atoms. The molecule has 1 aromatic carbocycles. The minimum absolute atomic E-state index is 0.0587. The van der Waals surface area contributed by atoms with Crippen LogP contribution in [0.15, 0.2) is 6.07 Å². The van der Waals surface area contributed by atoms with Gasteiger partial charge in [0.2, 0.25) is 5.75 Å². The molecule has 0 heterocycles. The quantitative estimate of drug-likeness (QED) is 0.739. The van der Waals surface area contributed by atoms with Crippen LogP contribution in [-0.2, 0) is 26.1 Å². The van der Waals surface area contributed by atoms with Gasteiger partial charge in [-0.05, 0) is 37.3 Å². The second kappa shape index (κ2) is 7.82. The fourth-order valence-corrected chi connectivity index (χ4v) is 4.16. The highest BCUT2D eigenvalue weighted by Gasteiger charge is 2.48. The van der Waals surface area contributed by atoms with E-state index in [1.807, 2.05) is 6.07 Å². The van der Waals surface area contributed by atoms with Crippen molar-refractivity contribution in [1.82, 2.24) is 0 Å². The highest BCUT2D eigenvalue weighted by Crippen LogP contribution is 2.56. The Bertz CT molecular complexity index is 672. The predicted molar refractivity (Wildman–Crippen MR) is 92.9 cm³/mol. The van der Waals surface area contributed by atoms with Gasteiger partial charge >= 0.3 is 0 Å². The van der Waals surface area contributed by atoms with Gasteiger partial charge < -0.3 is 28.8 Å². The van der Waals surface area contributed by atoms with E-state index in [2.05, 4.69) is 0 Å². The number of aryl methyl sites for hydroxylation is 1. The Balaban J connectivity index is 2.09. The molecule has 2 aliphatic carbocycles. The molecule has 3 rings (SSSR count). The molecule has 7 heteroatoms. The molecule has 0 aromatic heterocycles. The summed E-state index contributed by atoms with van der Waals surface area (Å²) < 4.78 is 27.2. The highest BCUT2D eigenvalue weighted by molar-refractivity contribution is 5.86. The molecule has 2 atom stereocenters. The Hall–Kier alpha value is -1.83. The molecular formula is C19H26O7. The first-order chi connectivity index (χ1) is 12.6. The molecule has 1 N–H and O–H groups in total. The number of ketones is 1. The number of Topliss-reactive ketones (excluding diaryl/α,β-unsaturated/α-hetero) is 1. The van der Waals surface area contributed by atoms with Crippen molar-refractivity contribution in [2.75, 3.05) is 34.9 Å². The third kappa shape index (κ3) is 3.26. The number of carbonyl (C=O) groups excluding carboxylic acids is 1. The van der Waals surface area contributed by atoms with Gasteiger partial charge in [0.1, 0.15) is 6.10 Å². The number of carbonyl (C=O) groups is 1.